The van der Waals surface area contributed by atoms with Crippen LogP contribution in [-0.4, -0.2) is 12.5 Å². The van der Waals surface area contributed by atoms with E-state index in [0.29, 0.717) is 5.56 Å². The zero-order valence-electron chi connectivity index (χ0n) is 14.2. The van der Waals surface area contributed by atoms with E-state index in [0.717, 1.165) is 25.3 Å². The Bertz CT molecular complexity index is 763. The van der Waals surface area contributed by atoms with Crippen LogP contribution in [0.15, 0.2) is 42.5 Å². The highest BCUT2D eigenvalue weighted by molar-refractivity contribution is 5.78. The standard InChI is InChI=1S/C20H22F2N2O/c1-13(16-10-9-15(21)11-18(16)22)23-12-20(25)24-19-8-4-6-14-5-2-3-7-17(14)19/h2-3,5,7,9-11,13,19,23H,4,6,8,12H2,1H3,(H,24,25)/t13-,19+/m1/s1. The van der Waals surface area contributed by atoms with Gasteiger partial charge in [0.25, 0.3) is 0 Å². The van der Waals surface area contributed by atoms with Gasteiger partial charge in [-0.25, -0.2) is 8.78 Å². The maximum Gasteiger partial charge on any atom is 0.234 e. The van der Waals surface area contributed by atoms with Gasteiger partial charge in [-0.3, -0.25) is 4.79 Å². The van der Waals surface area contributed by atoms with Gasteiger partial charge in [0.15, 0.2) is 0 Å². The van der Waals surface area contributed by atoms with Gasteiger partial charge in [0.2, 0.25) is 5.91 Å². The maximum absolute atomic E-state index is 13.8. The molecule has 0 spiro atoms. The monoisotopic (exact) mass is 344 g/mol. The molecule has 0 radical (unpaired) electrons. The molecule has 3 rings (SSSR count). The third-order valence-electron chi connectivity index (χ3n) is 4.70. The molecule has 3 nitrogen and oxygen atoms in total. The van der Waals surface area contributed by atoms with Crippen molar-refractivity contribution in [2.75, 3.05) is 6.54 Å². The molecule has 2 aromatic rings. The van der Waals surface area contributed by atoms with Crippen LogP contribution in [0.2, 0.25) is 0 Å². The highest BCUT2D eigenvalue weighted by Gasteiger charge is 2.21. The summed E-state index contributed by atoms with van der Waals surface area (Å²) in [5.41, 5.74) is 2.81. The Labute approximate surface area is 146 Å². The number of fused-ring (bicyclic) bond motifs is 1. The first kappa shape index (κ1) is 17.5. The van der Waals surface area contributed by atoms with Gasteiger partial charge < -0.3 is 10.6 Å². The maximum atomic E-state index is 13.8. The van der Waals surface area contributed by atoms with Gasteiger partial charge in [-0.15, -0.1) is 0 Å². The molecule has 0 aromatic heterocycles. The Morgan fingerprint density at radius 3 is 2.84 bits per heavy atom. The second-order valence-electron chi connectivity index (χ2n) is 6.48. The van der Waals surface area contributed by atoms with Crippen LogP contribution in [0.5, 0.6) is 0 Å². The van der Waals surface area contributed by atoms with Crippen molar-refractivity contribution in [1.29, 1.82) is 0 Å². The summed E-state index contributed by atoms with van der Waals surface area (Å²) >= 11 is 0. The van der Waals surface area contributed by atoms with E-state index >= 15 is 0 Å². The van der Waals surface area contributed by atoms with Gasteiger partial charge >= 0.3 is 0 Å². The smallest absolute Gasteiger partial charge is 0.234 e. The minimum atomic E-state index is -0.610. The number of hydrogen-bond acceptors (Lipinski definition) is 2. The summed E-state index contributed by atoms with van der Waals surface area (Å²) in [4.78, 5) is 12.3. The lowest BCUT2D eigenvalue weighted by atomic mass is 9.88. The fourth-order valence-electron chi connectivity index (χ4n) is 3.36. The Morgan fingerprint density at radius 1 is 1.24 bits per heavy atom. The van der Waals surface area contributed by atoms with Crippen LogP contribution in [0.4, 0.5) is 8.78 Å². The third kappa shape index (κ3) is 4.23. The lowest BCUT2D eigenvalue weighted by Crippen LogP contribution is -2.38. The number of aryl methyl sites for hydroxylation is 1. The lowest BCUT2D eigenvalue weighted by molar-refractivity contribution is -0.121. The first-order valence-electron chi connectivity index (χ1n) is 8.60. The molecule has 1 amide bonds. The zero-order valence-corrected chi connectivity index (χ0v) is 14.2. The lowest BCUT2D eigenvalue weighted by Gasteiger charge is -2.26. The minimum Gasteiger partial charge on any atom is -0.348 e. The highest BCUT2D eigenvalue weighted by atomic mass is 19.1. The topological polar surface area (TPSA) is 41.1 Å². The molecule has 0 saturated heterocycles. The van der Waals surface area contributed by atoms with Gasteiger partial charge in [-0.2, -0.15) is 0 Å². The fourth-order valence-corrected chi connectivity index (χ4v) is 3.36. The SMILES string of the molecule is C[C@@H](NCC(=O)N[C@H]1CCCc2ccccc21)c1ccc(F)cc1F. The minimum absolute atomic E-state index is 0.0251. The van der Waals surface area contributed by atoms with Crippen LogP contribution in [0.1, 0.15) is 48.5 Å². The van der Waals surface area contributed by atoms with Crippen LogP contribution < -0.4 is 10.6 Å². The largest absolute Gasteiger partial charge is 0.348 e. The summed E-state index contributed by atoms with van der Waals surface area (Å²) in [7, 11) is 0. The fraction of sp³-hybridized carbons (Fsp3) is 0.350. The molecule has 0 aliphatic heterocycles. The Balaban J connectivity index is 1.57. The zero-order chi connectivity index (χ0) is 17.8. The van der Waals surface area contributed by atoms with E-state index in [1.807, 2.05) is 12.1 Å². The molecule has 2 N–H and O–H groups in total. The molecule has 0 fully saturated rings. The molecule has 0 unspecified atom stereocenters. The van der Waals surface area contributed by atoms with Crippen molar-refractivity contribution in [3.05, 3.63) is 70.8 Å². The van der Waals surface area contributed by atoms with Crippen molar-refractivity contribution in [2.45, 2.75) is 38.3 Å². The van der Waals surface area contributed by atoms with E-state index in [9.17, 15) is 13.6 Å². The Kier molecular flexibility index (Phi) is 5.43. The molecular weight excluding hydrogens is 322 g/mol. The van der Waals surface area contributed by atoms with Crippen LogP contribution in [-0.2, 0) is 11.2 Å². The van der Waals surface area contributed by atoms with Crippen molar-refractivity contribution in [3.63, 3.8) is 0 Å². The van der Waals surface area contributed by atoms with E-state index in [1.54, 1.807) is 6.92 Å². The summed E-state index contributed by atoms with van der Waals surface area (Å²) in [5.74, 6) is -1.35. The first-order chi connectivity index (χ1) is 12.0. The molecule has 1 aliphatic rings. The first-order valence-corrected chi connectivity index (χ1v) is 8.60. The molecule has 0 saturated carbocycles. The van der Waals surface area contributed by atoms with E-state index in [-0.39, 0.29) is 24.5 Å². The summed E-state index contributed by atoms with van der Waals surface area (Å²) < 4.78 is 26.8. The van der Waals surface area contributed by atoms with Crippen molar-refractivity contribution in [1.82, 2.24) is 10.6 Å². The van der Waals surface area contributed by atoms with Gasteiger partial charge in [-0.05, 0) is 43.4 Å². The van der Waals surface area contributed by atoms with Crippen LogP contribution in [0.3, 0.4) is 0 Å². The second kappa shape index (κ2) is 7.74. The van der Waals surface area contributed by atoms with Crippen molar-refractivity contribution >= 4 is 5.91 Å². The predicted octanol–water partition coefficient (Wildman–Crippen LogP) is 3.81. The number of hydrogen-bond donors (Lipinski definition) is 2. The number of carbonyl (C=O) groups excluding carboxylic acids is 1. The van der Waals surface area contributed by atoms with Crippen LogP contribution >= 0.6 is 0 Å². The van der Waals surface area contributed by atoms with Crippen LogP contribution in [0, 0.1) is 11.6 Å². The molecule has 5 heteroatoms. The highest BCUT2D eigenvalue weighted by Crippen LogP contribution is 2.29. The summed E-state index contributed by atoms with van der Waals surface area (Å²) in [6.07, 6.45) is 3.01. The molecule has 2 aromatic carbocycles. The van der Waals surface area contributed by atoms with Gasteiger partial charge in [0.05, 0.1) is 12.6 Å². The van der Waals surface area contributed by atoms with E-state index in [2.05, 4.69) is 22.8 Å². The normalized spacial score (nSPS) is 17.6. The van der Waals surface area contributed by atoms with Crippen molar-refractivity contribution in [3.8, 4) is 0 Å². The van der Waals surface area contributed by atoms with Gasteiger partial charge in [0, 0.05) is 17.7 Å². The quantitative estimate of drug-likeness (QED) is 0.866. The van der Waals surface area contributed by atoms with E-state index < -0.39 is 11.6 Å². The molecule has 0 bridgehead atoms. The van der Waals surface area contributed by atoms with Crippen LogP contribution in [0.25, 0.3) is 0 Å². The predicted molar refractivity (Wildman–Crippen MR) is 93.0 cm³/mol. The van der Waals surface area contributed by atoms with Crippen molar-refractivity contribution < 1.29 is 13.6 Å². The summed E-state index contributed by atoms with van der Waals surface area (Å²) in [6.45, 7) is 1.83. The second-order valence-corrected chi connectivity index (χ2v) is 6.48. The number of amides is 1. The number of benzene rings is 2. The van der Waals surface area contributed by atoms with Crippen molar-refractivity contribution in [2.24, 2.45) is 0 Å². The average molecular weight is 344 g/mol. The third-order valence-corrected chi connectivity index (χ3v) is 4.70. The molecule has 0 heterocycles. The number of carbonyl (C=O) groups is 1. The summed E-state index contributed by atoms with van der Waals surface area (Å²) in [6, 6.07) is 11.3. The molecule has 132 valence electrons. The molecule has 25 heavy (non-hydrogen) atoms. The van der Waals surface area contributed by atoms with Gasteiger partial charge in [-0.1, -0.05) is 30.3 Å². The Morgan fingerprint density at radius 2 is 2.04 bits per heavy atom. The molecule has 1 aliphatic carbocycles. The Hall–Kier alpha value is -2.27. The molecule has 2 atom stereocenters. The molecular formula is C20H22F2N2O. The van der Waals surface area contributed by atoms with E-state index in [4.69, 9.17) is 0 Å². The van der Waals surface area contributed by atoms with Gasteiger partial charge in [0.1, 0.15) is 11.6 Å². The average Bonchev–Trinajstić information content (AvgIpc) is 2.60. The number of rotatable bonds is 5. The number of nitrogens with one attached hydrogen (secondary N) is 2. The number of halogens is 2. The summed E-state index contributed by atoms with van der Waals surface area (Å²) in [5, 5.41) is 6.05. The van der Waals surface area contributed by atoms with E-state index in [1.165, 1.54) is 23.3 Å².